The van der Waals surface area contributed by atoms with E-state index in [9.17, 15) is 4.79 Å². The molecule has 1 N–H and O–H groups in total. The zero-order chi connectivity index (χ0) is 13.6. The zero-order valence-electron chi connectivity index (χ0n) is 12.1. The van der Waals surface area contributed by atoms with Gasteiger partial charge in [-0.2, -0.15) is 0 Å². The minimum Gasteiger partial charge on any atom is -0.356 e. The van der Waals surface area contributed by atoms with Crippen molar-refractivity contribution in [3.05, 3.63) is 0 Å². The molecule has 3 heteroatoms. The monoisotopic (exact) mass is 315 g/mol. The van der Waals surface area contributed by atoms with Gasteiger partial charge in [-0.05, 0) is 35.5 Å². The fourth-order valence-corrected chi connectivity index (χ4v) is 4.62. The maximum Gasteiger partial charge on any atom is 0.224 e. The van der Waals surface area contributed by atoms with E-state index < -0.39 is 0 Å². The molecular weight excluding hydrogens is 290 g/mol. The fourth-order valence-electron chi connectivity index (χ4n) is 3.77. The zero-order valence-corrected chi connectivity index (χ0v) is 13.6. The molecule has 1 amide bonds. The number of nitrogens with one attached hydrogen (secondary N) is 1. The van der Waals surface area contributed by atoms with Crippen LogP contribution in [0.4, 0.5) is 0 Å². The molecule has 2 saturated carbocycles. The number of rotatable bonds is 4. The van der Waals surface area contributed by atoms with Gasteiger partial charge in [-0.15, -0.1) is 0 Å². The highest BCUT2D eigenvalue weighted by Crippen LogP contribution is 2.68. The Hall–Kier alpha value is -0.0500. The Morgan fingerprint density at radius 3 is 2.22 bits per heavy atom. The van der Waals surface area contributed by atoms with E-state index in [0.717, 1.165) is 17.8 Å². The number of hydrogen-bond acceptors (Lipinski definition) is 1. The minimum absolute atomic E-state index is 0.154. The van der Waals surface area contributed by atoms with Crippen molar-refractivity contribution in [2.75, 3.05) is 11.9 Å². The van der Waals surface area contributed by atoms with E-state index in [1.165, 1.54) is 19.3 Å². The van der Waals surface area contributed by atoms with Gasteiger partial charge in [0.1, 0.15) is 0 Å². The third-order valence-corrected chi connectivity index (χ3v) is 6.67. The molecule has 2 aliphatic carbocycles. The lowest BCUT2D eigenvalue weighted by atomic mass is 9.98. The van der Waals surface area contributed by atoms with Crippen LogP contribution in [0.15, 0.2) is 0 Å². The molecule has 0 aromatic rings. The average Bonchev–Trinajstić information content (AvgIpc) is 2.67. The summed E-state index contributed by atoms with van der Waals surface area (Å²) in [6, 6.07) is 0. The van der Waals surface area contributed by atoms with Gasteiger partial charge < -0.3 is 5.32 Å². The number of amides is 1. The molecule has 2 atom stereocenters. The summed E-state index contributed by atoms with van der Waals surface area (Å²) in [5.41, 5.74) is 0.309. The van der Waals surface area contributed by atoms with Crippen LogP contribution in [0.25, 0.3) is 0 Å². The van der Waals surface area contributed by atoms with Crippen LogP contribution < -0.4 is 5.32 Å². The lowest BCUT2D eigenvalue weighted by molar-refractivity contribution is -0.123. The molecule has 2 rings (SSSR count). The van der Waals surface area contributed by atoms with Crippen molar-refractivity contribution in [2.45, 2.75) is 47.0 Å². The van der Waals surface area contributed by atoms with Crippen molar-refractivity contribution >= 4 is 21.8 Å². The normalized spacial score (nSPS) is 33.4. The highest BCUT2D eigenvalue weighted by atomic mass is 79.9. The van der Waals surface area contributed by atoms with Gasteiger partial charge in [-0.1, -0.05) is 50.0 Å². The second kappa shape index (κ2) is 4.81. The van der Waals surface area contributed by atoms with Crippen LogP contribution in [0.1, 0.15) is 47.0 Å². The van der Waals surface area contributed by atoms with Gasteiger partial charge in [0.15, 0.2) is 0 Å². The van der Waals surface area contributed by atoms with E-state index in [-0.39, 0.29) is 22.7 Å². The summed E-state index contributed by atoms with van der Waals surface area (Å²) in [5, 5.41) is 4.28. The minimum atomic E-state index is 0.154. The molecule has 0 aromatic heterocycles. The summed E-state index contributed by atoms with van der Waals surface area (Å²) >= 11 is 3.59. The predicted molar refractivity (Wildman–Crippen MR) is 78.7 cm³/mol. The standard InChI is InChI=1S/C15H26BrNO/c1-14(2)12(15(14,3)4)13(18)17-9-11-7-5-6-10(11)8-16/h10-12H,5-9H2,1-4H3,(H,17,18). The summed E-state index contributed by atoms with van der Waals surface area (Å²) < 4.78 is 0. The molecule has 18 heavy (non-hydrogen) atoms. The number of carbonyl (C=O) groups is 1. The summed E-state index contributed by atoms with van der Waals surface area (Å²) in [5.74, 6) is 1.89. The van der Waals surface area contributed by atoms with Crippen LogP contribution in [0.2, 0.25) is 0 Å². The Bertz CT molecular complexity index is 323. The first-order valence-corrected chi connectivity index (χ1v) is 8.28. The molecule has 0 bridgehead atoms. The SMILES string of the molecule is CC1(C)C(C(=O)NCC2CCCC2CBr)C1(C)C. The second-order valence-electron chi connectivity index (χ2n) is 7.23. The third kappa shape index (κ3) is 2.23. The van der Waals surface area contributed by atoms with Gasteiger partial charge in [0.2, 0.25) is 5.91 Å². The first kappa shape index (κ1) is 14.4. The maximum absolute atomic E-state index is 12.3. The van der Waals surface area contributed by atoms with Gasteiger partial charge in [-0.25, -0.2) is 0 Å². The molecule has 0 heterocycles. The predicted octanol–water partition coefficient (Wildman–Crippen LogP) is 3.60. The highest BCUT2D eigenvalue weighted by molar-refractivity contribution is 9.09. The van der Waals surface area contributed by atoms with Crippen LogP contribution >= 0.6 is 15.9 Å². The molecule has 0 aliphatic heterocycles. The summed E-state index contributed by atoms with van der Waals surface area (Å²) in [6.45, 7) is 9.68. The lowest BCUT2D eigenvalue weighted by Crippen LogP contribution is -2.33. The van der Waals surface area contributed by atoms with E-state index in [2.05, 4.69) is 48.9 Å². The molecule has 0 aromatic carbocycles. The van der Waals surface area contributed by atoms with Crippen molar-refractivity contribution in [1.82, 2.24) is 5.32 Å². The summed E-state index contributed by atoms with van der Waals surface area (Å²) in [4.78, 5) is 12.3. The van der Waals surface area contributed by atoms with Gasteiger partial charge >= 0.3 is 0 Å². The topological polar surface area (TPSA) is 29.1 Å². The first-order valence-electron chi connectivity index (χ1n) is 7.16. The molecule has 2 fully saturated rings. The number of alkyl halides is 1. The van der Waals surface area contributed by atoms with Crippen molar-refractivity contribution in [3.63, 3.8) is 0 Å². The Labute approximate surface area is 119 Å². The molecule has 2 unspecified atom stereocenters. The second-order valence-corrected chi connectivity index (χ2v) is 7.87. The Kier molecular flexibility index (Phi) is 3.84. The van der Waals surface area contributed by atoms with Crippen molar-refractivity contribution in [2.24, 2.45) is 28.6 Å². The Balaban J connectivity index is 1.83. The van der Waals surface area contributed by atoms with Gasteiger partial charge in [0.25, 0.3) is 0 Å². The number of carbonyl (C=O) groups excluding carboxylic acids is 1. The molecule has 2 nitrogen and oxygen atoms in total. The van der Waals surface area contributed by atoms with Crippen molar-refractivity contribution in [1.29, 1.82) is 0 Å². The highest BCUT2D eigenvalue weighted by Gasteiger charge is 2.68. The van der Waals surface area contributed by atoms with Gasteiger partial charge in [0.05, 0.1) is 0 Å². The molecular formula is C15H26BrNO. The average molecular weight is 316 g/mol. The van der Waals surface area contributed by atoms with Crippen LogP contribution in [-0.2, 0) is 4.79 Å². The molecule has 0 saturated heterocycles. The largest absolute Gasteiger partial charge is 0.356 e. The van der Waals surface area contributed by atoms with Gasteiger partial charge in [-0.3, -0.25) is 4.79 Å². The molecule has 2 aliphatic rings. The third-order valence-electron chi connectivity index (χ3n) is 5.84. The quantitative estimate of drug-likeness (QED) is 0.789. The maximum atomic E-state index is 12.3. The lowest BCUT2D eigenvalue weighted by Gasteiger charge is -2.18. The Morgan fingerprint density at radius 2 is 1.72 bits per heavy atom. The Morgan fingerprint density at radius 1 is 1.17 bits per heavy atom. The van der Waals surface area contributed by atoms with Crippen LogP contribution in [-0.4, -0.2) is 17.8 Å². The van der Waals surface area contributed by atoms with E-state index in [4.69, 9.17) is 0 Å². The van der Waals surface area contributed by atoms with E-state index in [0.29, 0.717) is 5.92 Å². The van der Waals surface area contributed by atoms with Gasteiger partial charge in [0, 0.05) is 17.8 Å². The smallest absolute Gasteiger partial charge is 0.224 e. The first-order chi connectivity index (χ1) is 8.32. The van der Waals surface area contributed by atoms with Crippen molar-refractivity contribution in [3.8, 4) is 0 Å². The van der Waals surface area contributed by atoms with E-state index in [1.807, 2.05) is 0 Å². The summed E-state index contributed by atoms with van der Waals surface area (Å²) in [7, 11) is 0. The van der Waals surface area contributed by atoms with Crippen LogP contribution in [0, 0.1) is 28.6 Å². The van der Waals surface area contributed by atoms with Crippen LogP contribution in [0.3, 0.4) is 0 Å². The molecule has 0 radical (unpaired) electrons. The van der Waals surface area contributed by atoms with Crippen molar-refractivity contribution < 1.29 is 4.79 Å². The summed E-state index contributed by atoms with van der Waals surface area (Å²) in [6.07, 6.45) is 3.90. The number of hydrogen-bond donors (Lipinski definition) is 1. The molecule has 0 spiro atoms. The molecule has 104 valence electrons. The van der Waals surface area contributed by atoms with Crippen LogP contribution in [0.5, 0.6) is 0 Å². The number of halogens is 1. The fraction of sp³-hybridized carbons (Fsp3) is 0.933. The van der Waals surface area contributed by atoms with E-state index >= 15 is 0 Å². The van der Waals surface area contributed by atoms with E-state index in [1.54, 1.807) is 0 Å².